The second kappa shape index (κ2) is 6.02. The standard InChI is InChI=1S/C18H17NO3/c20-17(15-7-3-4-8-16(15)18(21)22)19-14-10-9-12-5-1-2-6-13(12)11-14/h1-6,9-11,15-16H,7-8H2,(H,19,20)(H,21,22)/t15-,16+/m1/s1. The van der Waals surface area contributed by atoms with E-state index in [9.17, 15) is 14.7 Å². The number of nitrogens with one attached hydrogen (secondary N) is 1. The van der Waals surface area contributed by atoms with Gasteiger partial charge in [-0.25, -0.2) is 0 Å². The number of hydrogen-bond donors (Lipinski definition) is 2. The maximum atomic E-state index is 12.4. The summed E-state index contributed by atoms with van der Waals surface area (Å²) in [5.74, 6) is -2.31. The quantitative estimate of drug-likeness (QED) is 0.852. The van der Waals surface area contributed by atoms with Gasteiger partial charge >= 0.3 is 5.97 Å². The molecule has 0 unspecified atom stereocenters. The Bertz CT molecular complexity index is 751. The van der Waals surface area contributed by atoms with Crippen LogP contribution in [0.1, 0.15) is 12.8 Å². The van der Waals surface area contributed by atoms with Crippen molar-refractivity contribution < 1.29 is 14.7 Å². The summed E-state index contributed by atoms with van der Waals surface area (Å²) in [6, 6.07) is 13.6. The molecule has 1 aliphatic rings. The summed E-state index contributed by atoms with van der Waals surface area (Å²) in [6.45, 7) is 0. The highest BCUT2D eigenvalue weighted by Crippen LogP contribution is 2.28. The van der Waals surface area contributed by atoms with E-state index in [0.29, 0.717) is 18.5 Å². The van der Waals surface area contributed by atoms with Crippen molar-refractivity contribution in [3.63, 3.8) is 0 Å². The number of carbonyl (C=O) groups excluding carboxylic acids is 1. The molecule has 0 spiro atoms. The molecule has 2 N–H and O–H groups in total. The molecule has 3 rings (SSSR count). The fourth-order valence-corrected chi connectivity index (χ4v) is 2.88. The number of aliphatic carboxylic acids is 1. The lowest BCUT2D eigenvalue weighted by atomic mass is 9.82. The zero-order chi connectivity index (χ0) is 15.5. The number of amides is 1. The molecule has 22 heavy (non-hydrogen) atoms. The van der Waals surface area contributed by atoms with E-state index in [1.54, 1.807) is 0 Å². The summed E-state index contributed by atoms with van der Waals surface area (Å²) < 4.78 is 0. The predicted octanol–water partition coefficient (Wildman–Crippen LogP) is 3.45. The summed E-state index contributed by atoms with van der Waals surface area (Å²) in [6.07, 6.45) is 4.59. The number of benzene rings is 2. The van der Waals surface area contributed by atoms with Crippen LogP contribution in [0.4, 0.5) is 5.69 Å². The van der Waals surface area contributed by atoms with Crippen LogP contribution in [0.5, 0.6) is 0 Å². The Balaban J connectivity index is 1.80. The molecule has 0 bridgehead atoms. The summed E-state index contributed by atoms with van der Waals surface area (Å²) in [5.41, 5.74) is 0.697. The largest absolute Gasteiger partial charge is 0.481 e. The van der Waals surface area contributed by atoms with Crippen LogP contribution in [0, 0.1) is 11.8 Å². The zero-order valence-electron chi connectivity index (χ0n) is 12.0. The molecule has 1 amide bonds. The van der Waals surface area contributed by atoms with Crippen LogP contribution in [-0.2, 0) is 9.59 Å². The first kappa shape index (κ1) is 14.3. The summed E-state index contributed by atoms with van der Waals surface area (Å²) in [5, 5.41) is 14.2. The fourth-order valence-electron chi connectivity index (χ4n) is 2.88. The first-order chi connectivity index (χ1) is 10.6. The van der Waals surface area contributed by atoms with Gasteiger partial charge in [0.05, 0.1) is 11.8 Å². The average molecular weight is 295 g/mol. The Morgan fingerprint density at radius 1 is 0.955 bits per heavy atom. The molecule has 4 heteroatoms. The molecule has 4 nitrogen and oxygen atoms in total. The molecule has 0 saturated carbocycles. The zero-order valence-corrected chi connectivity index (χ0v) is 12.0. The average Bonchev–Trinajstić information content (AvgIpc) is 2.54. The lowest BCUT2D eigenvalue weighted by Gasteiger charge is -2.24. The smallest absolute Gasteiger partial charge is 0.307 e. The van der Waals surface area contributed by atoms with Crippen LogP contribution in [-0.4, -0.2) is 17.0 Å². The SMILES string of the molecule is O=C(O)[C@H]1CC=CC[C@H]1C(=O)Nc1ccc2ccccc2c1. The molecule has 0 aliphatic heterocycles. The Kier molecular flexibility index (Phi) is 3.92. The molecule has 0 heterocycles. The highest BCUT2D eigenvalue weighted by atomic mass is 16.4. The molecule has 2 atom stereocenters. The molecule has 2 aromatic carbocycles. The number of allylic oxidation sites excluding steroid dienone is 2. The highest BCUT2D eigenvalue weighted by molar-refractivity contribution is 5.97. The molecule has 0 radical (unpaired) electrons. The number of carboxylic acids is 1. The molecule has 0 fully saturated rings. The van der Waals surface area contributed by atoms with E-state index in [1.807, 2.05) is 54.6 Å². The van der Waals surface area contributed by atoms with E-state index in [0.717, 1.165) is 10.8 Å². The first-order valence-corrected chi connectivity index (χ1v) is 7.32. The van der Waals surface area contributed by atoms with Crippen molar-refractivity contribution in [2.24, 2.45) is 11.8 Å². The third kappa shape index (κ3) is 2.86. The minimum absolute atomic E-state index is 0.230. The number of hydrogen-bond acceptors (Lipinski definition) is 2. The molecule has 1 aliphatic carbocycles. The Hall–Kier alpha value is -2.62. The fraction of sp³-hybridized carbons (Fsp3) is 0.222. The number of anilines is 1. The number of carboxylic acid groups (broad SMARTS) is 1. The van der Waals surface area contributed by atoms with Crippen molar-refractivity contribution in [1.82, 2.24) is 0 Å². The minimum atomic E-state index is -0.914. The van der Waals surface area contributed by atoms with Crippen molar-refractivity contribution >= 4 is 28.3 Å². The van der Waals surface area contributed by atoms with E-state index in [4.69, 9.17) is 0 Å². The highest BCUT2D eigenvalue weighted by Gasteiger charge is 2.33. The van der Waals surface area contributed by atoms with Crippen LogP contribution < -0.4 is 5.32 Å². The van der Waals surface area contributed by atoms with Gasteiger partial charge < -0.3 is 10.4 Å². The Morgan fingerprint density at radius 2 is 1.64 bits per heavy atom. The number of carbonyl (C=O) groups is 2. The second-order valence-corrected chi connectivity index (χ2v) is 5.55. The van der Waals surface area contributed by atoms with Crippen molar-refractivity contribution in [2.45, 2.75) is 12.8 Å². The molecule has 0 aromatic heterocycles. The Morgan fingerprint density at radius 3 is 2.36 bits per heavy atom. The van der Waals surface area contributed by atoms with E-state index >= 15 is 0 Å². The van der Waals surface area contributed by atoms with Crippen LogP contribution in [0.25, 0.3) is 10.8 Å². The molecule has 2 aromatic rings. The van der Waals surface area contributed by atoms with Crippen LogP contribution >= 0.6 is 0 Å². The van der Waals surface area contributed by atoms with Gasteiger partial charge in [-0.1, -0.05) is 42.5 Å². The maximum absolute atomic E-state index is 12.4. The van der Waals surface area contributed by atoms with Crippen molar-refractivity contribution in [1.29, 1.82) is 0 Å². The van der Waals surface area contributed by atoms with E-state index in [2.05, 4.69) is 5.32 Å². The van der Waals surface area contributed by atoms with Crippen LogP contribution in [0.2, 0.25) is 0 Å². The summed E-state index contributed by atoms with van der Waals surface area (Å²) >= 11 is 0. The molecule has 112 valence electrons. The maximum Gasteiger partial charge on any atom is 0.307 e. The minimum Gasteiger partial charge on any atom is -0.481 e. The number of rotatable bonds is 3. The third-order valence-corrected chi connectivity index (χ3v) is 4.10. The van der Waals surface area contributed by atoms with Crippen LogP contribution in [0.3, 0.4) is 0 Å². The van der Waals surface area contributed by atoms with Gasteiger partial charge in [-0.2, -0.15) is 0 Å². The van der Waals surface area contributed by atoms with E-state index in [1.165, 1.54) is 0 Å². The monoisotopic (exact) mass is 295 g/mol. The van der Waals surface area contributed by atoms with Gasteiger partial charge in [-0.15, -0.1) is 0 Å². The van der Waals surface area contributed by atoms with Gasteiger partial charge in [-0.3, -0.25) is 9.59 Å². The van der Waals surface area contributed by atoms with Gasteiger partial charge in [0.25, 0.3) is 0 Å². The lowest BCUT2D eigenvalue weighted by Crippen LogP contribution is -2.34. The predicted molar refractivity (Wildman–Crippen MR) is 85.6 cm³/mol. The van der Waals surface area contributed by atoms with Crippen molar-refractivity contribution in [2.75, 3.05) is 5.32 Å². The number of fused-ring (bicyclic) bond motifs is 1. The normalized spacial score (nSPS) is 20.7. The summed E-state index contributed by atoms with van der Waals surface area (Å²) in [4.78, 5) is 23.7. The molecule has 0 saturated heterocycles. The van der Waals surface area contributed by atoms with E-state index in [-0.39, 0.29) is 5.91 Å². The van der Waals surface area contributed by atoms with Gasteiger partial charge in [0.2, 0.25) is 5.91 Å². The topological polar surface area (TPSA) is 66.4 Å². The van der Waals surface area contributed by atoms with Crippen molar-refractivity contribution in [3.05, 3.63) is 54.6 Å². The molecular formula is C18H17NO3. The van der Waals surface area contributed by atoms with Gasteiger partial charge in [0, 0.05) is 5.69 Å². The third-order valence-electron chi connectivity index (χ3n) is 4.10. The second-order valence-electron chi connectivity index (χ2n) is 5.55. The van der Waals surface area contributed by atoms with Gasteiger partial charge in [-0.05, 0) is 35.7 Å². The van der Waals surface area contributed by atoms with Gasteiger partial charge in [0.1, 0.15) is 0 Å². The van der Waals surface area contributed by atoms with Gasteiger partial charge in [0.15, 0.2) is 0 Å². The first-order valence-electron chi connectivity index (χ1n) is 7.32. The van der Waals surface area contributed by atoms with Crippen molar-refractivity contribution in [3.8, 4) is 0 Å². The molecular weight excluding hydrogens is 278 g/mol. The van der Waals surface area contributed by atoms with Crippen LogP contribution in [0.15, 0.2) is 54.6 Å². The van der Waals surface area contributed by atoms with E-state index < -0.39 is 17.8 Å². The lowest BCUT2D eigenvalue weighted by molar-refractivity contribution is -0.146. The Labute approximate surface area is 128 Å². The summed E-state index contributed by atoms with van der Waals surface area (Å²) in [7, 11) is 0.